The van der Waals surface area contributed by atoms with Crippen LogP contribution in [0, 0.1) is 18.8 Å². The van der Waals surface area contributed by atoms with Crippen molar-refractivity contribution in [1.82, 2.24) is 0 Å². The molecule has 0 bridgehead atoms. The van der Waals surface area contributed by atoms with Crippen LogP contribution in [-0.2, 0) is 6.42 Å². The molecule has 0 spiro atoms. The first-order chi connectivity index (χ1) is 7.54. The number of hydrogen-bond acceptors (Lipinski definition) is 2. The lowest BCUT2D eigenvalue weighted by atomic mass is 9.87. The van der Waals surface area contributed by atoms with Crippen LogP contribution in [0.25, 0.3) is 0 Å². The molecule has 2 nitrogen and oxygen atoms in total. The van der Waals surface area contributed by atoms with Crippen molar-refractivity contribution in [2.24, 2.45) is 17.6 Å². The molecule has 3 N–H and O–H groups in total. The smallest absolute Gasteiger partial charge is 0.0623 e. The van der Waals surface area contributed by atoms with E-state index in [1.807, 2.05) is 0 Å². The van der Waals surface area contributed by atoms with Crippen molar-refractivity contribution in [1.29, 1.82) is 0 Å². The van der Waals surface area contributed by atoms with E-state index in [9.17, 15) is 5.11 Å². The van der Waals surface area contributed by atoms with Crippen molar-refractivity contribution in [3.8, 4) is 0 Å². The summed E-state index contributed by atoms with van der Waals surface area (Å²) in [5.74, 6) is 0.603. The van der Waals surface area contributed by atoms with Crippen molar-refractivity contribution in [3.05, 3.63) is 35.4 Å². The quantitative estimate of drug-likeness (QED) is 0.800. The Bertz CT molecular complexity index is 305. The van der Waals surface area contributed by atoms with Crippen LogP contribution in [0.4, 0.5) is 0 Å². The van der Waals surface area contributed by atoms with Crippen LogP contribution in [-0.4, -0.2) is 17.8 Å². The first-order valence-electron chi connectivity index (χ1n) is 5.98. The molecule has 0 heterocycles. The van der Waals surface area contributed by atoms with Crippen LogP contribution in [0.15, 0.2) is 24.3 Å². The number of benzene rings is 1. The van der Waals surface area contributed by atoms with Gasteiger partial charge in [-0.3, -0.25) is 0 Å². The molecule has 0 fully saturated rings. The first-order valence-corrected chi connectivity index (χ1v) is 5.98. The van der Waals surface area contributed by atoms with Gasteiger partial charge in [-0.1, -0.05) is 43.7 Å². The molecule has 0 saturated carbocycles. The lowest BCUT2D eigenvalue weighted by Gasteiger charge is -2.25. The number of aliphatic hydroxyl groups is 1. The third-order valence-electron chi connectivity index (χ3n) is 3.19. The van der Waals surface area contributed by atoms with Crippen molar-refractivity contribution >= 4 is 0 Å². The summed E-state index contributed by atoms with van der Waals surface area (Å²) in [6, 6.07) is 8.31. The fraction of sp³-hybridized carbons (Fsp3) is 0.571. The van der Waals surface area contributed by atoms with E-state index < -0.39 is 0 Å². The summed E-state index contributed by atoms with van der Waals surface area (Å²) in [4.78, 5) is 0. The molecule has 90 valence electrons. The maximum Gasteiger partial charge on any atom is 0.0623 e. The van der Waals surface area contributed by atoms with E-state index in [1.165, 1.54) is 11.1 Å². The molecule has 16 heavy (non-hydrogen) atoms. The Kier molecular flexibility index (Phi) is 4.97. The van der Waals surface area contributed by atoms with Gasteiger partial charge in [-0.05, 0) is 37.3 Å². The lowest BCUT2D eigenvalue weighted by molar-refractivity contribution is 0.0863. The van der Waals surface area contributed by atoms with Crippen molar-refractivity contribution in [3.63, 3.8) is 0 Å². The van der Waals surface area contributed by atoms with Crippen molar-refractivity contribution in [2.75, 3.05) is 6.54 Å². The average molecular weight is 221 g/mol. The molecular weight excluding hydrogens is 198 g/mol. The van der Waals surface area contributed by atoms with Crippen LogP contribution in [0.5, 0.6) is 0 Å². The molecule has 0 saturated heterocycles. The van der Waals surface area contributed by atoms with Crippen LogP contribution in [0.2, 0.25) is 0 Å². The highest BCUT2D eigenvalue weighted by molar-refractivity contribution is 5.21. The third kappa shape index (κ3) is 3.62. The highest BCUT2D eigenvalue weighted by Crippen LogP contribution is 2.18. The van der Waals surface area contributed by atoms with Gasteiger partial charge in [0.15, 0.2) is 0 Å². The van der Waals surface area contributed by atoms with Gasteiger partial charge < -0.3 is 10.8 Å². The van der Waals surface area contributed by atoms with Gasteiger partial charge in [0.1, 0.15) is 0 Å². The van der Waals surface area contributed by atoms with Gasteiger partial charge in [-0.15, -0.1) is 0 Å². The molecule has 1 rings (SSSR count). The first kappa shape index (κ1) is 13.2. The minimum Gasteiger partial charge on any atom is -0.392 e. The van der Waals surface area contributed by atoms with Gasteiger partial charge in [0.2, 0.25) is 0 Å². The third-order valence-corrected chi connectivity index (χ3v) is 3.19. The predicted octanol–water partition coefficient (Wildman–Crippen LogP) is 2.13. The van der Waals surface area contributed by atoms with Crippen LogP contribution in [0.1, 0.15) is 25.0 Å². The highest BCUT2D eigenvalue weighted by atomic mass is 16.3. The predicted molar refractivity (Wildman–Crippen MR) is 68.3 cm³/mol. The number of hydrogen-bond donors (Lipinski definition) is 2. The highest BCUT2D eigenvalue weighted by Gasteiger charge is 2.21. The van der Waals surface area contributed by atoms with Gasteiger partial charge >= 0.3 is 0 Å². The van der Waals surface area contributed by atoms with E-state index in [-0.39, 0.29) is 12.0 Å². The van der Waals surface area contributed by atoms with Crippen molar-refractivity contribution in [2.45, 2.75) is 33.3 Å². The summed E-state index contributed by atoms with van der Waals surface area (Å²) in [6.45, 7) is 6.83. The SMILES string of the molecule is Cc1ccc(CC(O)C(CN)C(C)C)cc1. The van der Waals surface area contributed by atoms with Crippen molar-refractivity contribution < 1.29 is 5.11 Å². The minimum absolute atomic E-state index is 0.182. The molecular formula is C14H23NO. The number of aliphatic hydroxyl groups excluding tert-OH is 1. The summed E-state index contributed by atoms with van der Waals surface area (Å²) < 4.78 is 0. The molecule has 0 radical (unpaired) electrons. The second-order valence-corrected chi connectivity index (χ2v) is 4.90. The zero-order chi connectivity index (χ0) is 12.1. The molecule has 2 atom stereocenters. The fourth-order valence-electron chi connectivity index (χ4n) is 1.99. The molecule has 2 unspecified atom stereocenters. The van der Waals surface area contributed by atoms with E-state index in [4.69, 9.17) is 5.73 Å². The van der Waals surface area contributed by atoms with Crippen LogP contribution in [0.3, 0.4) is 0 Å². The van der Waals surface area contributed by atoms with Gasteiger partial charge in [0.25, 0.3) is 0 Å². The second-order valence-electron chi connectivity index (χ2n) is 4.90. The fourth-order valence-corrected chi connectivity index (χ4v) is 1.99. The molecule has 1 aromatic carbocycles. The Hall–Kier alpha value is -0.860. The monoisotopic (exact) mass is 221 g/mol. The van der Waals surface area contributed by atoms with E-state index >= 15 is 0 Å². The summed E-state index contributed by atoms with van der Waals surface area (Å²) in [5, 5.41) is 10.1. The van der Waals surface area contributed by atoms with E-state index in [1.54, 1.807) is 0 Å². The minimum atomic E-state index is -0.340. The van der Waals surface area contributed by atoms with E-state index in [0.717, 1.165) is 0 Å². The van der Waals surface area contributed by atoms with Gasteiger partial charge in [-0.2, -0.15) is 0 Å². The topological polar surface area (TPSA) is 46.2 Å². The maximum absolute atomic E-state index is 10.1. The van der Waals surface area contributed by atoms with E-state index in [2.05, 4.69) is 45.0 Å². The maximum atomic E-state index is 10.1. The average Bonchev–Trinajstić information content (AvgIpc) is 2.22. The Balaban J connectivity index is 2.62. The summed E-state index contributed by atoms with van der Waals surface area (Å²) in [6.07, 6.45) is 0.355. The van der Waals surface area contributed by atoms with Crippen LogP contribution >= 0.6 is 0 Å². The van der Waals surface area contributed by atoms with Crippen LogP contribution < -0.4 is 5.73 Å². The Labute approximate surface area is 98.5 Å². The Morgan fingerprint density at radius 2 is 1.75 bits per heavy atom. The largest absolute Gasteiger partial charge is 0.392 e. The van der Waals surface area contributed by atoms with Gasteiger partial charge in [0, 0.05) is 0 Å². The zero-order valence-corrected chi connectivity index (χ0v) is 10.5. The molecule has 0 aromatic heterocycles. The number of nitrogens with two attached hydrogens (primary N) is 1. The van der Waals surface area contributed by atoms with Gasteiger partial charge in [-0.25, -0.2) is 0 Å². The normalized spacial score (nSPS) is 15.1. The molecule has 0 aliphatic carbocycles. The molecule has 1 aromatic rings. The number of rotatable bonds is 5. The van der Waals surface area contributed by atoms with E-state index in [0.29, 0.717) is 18.9 Å². The Morgan fingerprint density at radius 3 is 2.19 bits per heavy atom. The summed E-state index contributed by atoms with van der Waals surface area (Å²) in [7, 11) is 0. The van der Waals surface area contributed by atoms with Gasteiger partial charge in [0.05, 0.1) is 6.10 Å². The zero-order valence-electron chi connectivity index (χ0n) is 10.5. The molecule has 0 aliphatic heterocycles. The molecule has 2 heteroatoms. The lowest BCUT2D eigenvalue weighted by Crippen LogP contribution is -2.33. The summed E-state index contributed by atoms with van der Waals surface area (Å²) in [5.41, 5.74) is 8.12. The second kappa shape index (κ2) is 6.02. The number of aryl methyl sites for hydroxylation is 1. The summed E-state index contributed by atoms with van der Waals surface area (Å²) >= 11 is 0. The standard InChI is InChI=1S/C14H23NO/c1-10(2)13(9-15)14(16)8-12-6-4-11(3)5-7-12/h4-7,10,13-14,16H,8-9,15H2,1-3H3. The molecule has 0 aliphatic rings. The Morgan fingerprint density at radius 1 is 1.19 bits per heavy atom. The molecule has 0 amide bonds.